The van der Waals surface area contributed by atoms with E-state index in [1.54, 1.807) is 12.1 Å². The van der Waals surface area contributed by atoms with Crippen LogP contribution in [-0.2, 0) is 9.53 Å². The summed E-state index contributed by atoms with van der Waals surface area (Å²) >= 11 is 2.01. The van der Waals surface area contributed by atoms with Gasteiger partial charge in [0.15, 0.2) is 0 Å². The molecule has 1 aromatic rings. The average molecular weight is 366 g/mol. The summed E-state index contributed by atoms with van der Waals surface area (Å²) in [4.78, 5) is 22.5. The average Bonchev–Trinajstić information content (AvgIpc) is 2.24. The Labute approximate surface area is 116 Å². The predicted octanol–water partition coefficient (Wildman–Crippen LogP) is 3.12. The number of Topliss-reactive ketones (excluding diaryl/α,β-unsaturated/α-hetero) is 1. The number of carbonyl (C=O) groups excluding carboxylic acids is 2. The van der Waals surface area contributed by atoms with Gasteiger partial charge in [0.2, 0.25) is 5.78 Å². The number of ketones is 1. The lowest BCUT2D eigenvalue weighted by Crippen LogP contribution is -2.37. The van der Waals surface area contributed by atoms with Crippen molar-refractivity contribution >= 4 is 34.3 Å². The second-order valence-corrected chi connectivity index (χ2v) is 5.31. The maximum Gasteiger partial charge on any atom is 0.313 e. The second kappa shape index (κ2) is 4.56. The zero-order chi connectivity index (χ0) is 13.5. The third-order valence-corrected chi connectivity index (χ3v) is 3.36. The van der Waals surface area contributed by atoms with Crippen molar-refractivity contribution in [2.24, 2.45) is 0 Å². The molecule has 0 aromatic heterocycles. The van der Waals surface area contributed by atoms with E-state index in [4.69, 9.17) is 4.74 Å². The van der Waals surface area contributed by atoms with Crippen molar-refractivity contribution in [1.82, 2.24) is 0 Å². The molecule has 0 bridgehead atoms. The van der Waals surface area contributed by atoms with Crippen LogP contribution in [-0.4, -0.2) is 17.7 Å². The summed E-state index contributed by atoms with van der Waals surface area (Å²) in [5.74, 6) is -5.34. The number of fused-ring (bicyclic) bond motifs is 1. The molecule has 0 aliphatic heterocycles. The van der Waals surface area contributed by atoms with Crippen LogP contribution in [0.3, 0.4) is 0 Å². The van der Waals surface area contributed by atoms with Crippen molar-refractivity contribution in [2.75, 3.05) is 0 Å². The van der Waals surface area contributed by atoms with Crippen LogP contribution in [0.4, 0.5) is 8.78 Å². The van der Waals surface area contributed by atoms with Gasteiger partial charge in [-0.05, 0) is 40.8 Å². The fourth-order valence-corrected chi connectivity index (χ4v) is 2.46. The first-order valence-electron chi connectivity index (χ1n) is 5.20. The molecule has 6 heteroatoms. The molecular formula is C12H9F2IO3. The minimum atomic E-state index is -3.49. The molecule has 0 fully saturated rings. The first-order chi connectivity index (χ1) is 8.31. The monoisotopic (exact) mass is 366 g/mol. The summed E-state index contributed by atoms with van der Waals surface area (Å²) in [5, 5.41) is 0. The number of halogens is 3. The van der Waals surface area contributed by atoms with Gasteiger partial charge in [0.05, 0.1) is 6.42 Å². The maximum atomic E-state index is 13.5. The lowest BCUT2D eigenvalue weighted by molar-refractivity contribution is -0.150. The summed E-state index contributed by atoms with van der Waals surface area (Å²) < 4.78 is 32.7. The van der Waals surface area contributed by atoms with Crippen molar-refractivity contribution in [3.05, 3.63) is 32.9 Å². The molecule has 0 saturated carbocycles. The van der Waals surface area contributed by atoms with E-state index in [0.29, 0.717) is 5.56 Å². The topological polar surface area (TPSA) is 43.4 Å². The van der Waals surface area contributed by atoms with Crippen LogP contribution < -0.4 is 0 Å². The molecule has 0 heterocycles. The van der Waals surface area contributed by atoms with Gasteiger partial charge in [0.25, 0.3) is 0 Å². The van der Waals surface area contributed by atoms with Crippen LogP contribution in [0, 0.1) is 3.57 Å². The Morgan fingerprint density at radius 2 is 2.17 bits per heavy atom. The summed E-state index contributed by atoms with van der Waals surface area (Å²) in [5.41, 5.74) is 0.283. The highest BCUT2D eigenvalue weighted by Gasteiger charge is 2.48. The standard InChI is InChI=1S/C12H9F2IO3/c1-6(16)18-10-5-12(13,14)11(17)8-3-2-7(15)4-9(8)10/h2-4,10H,5H2,1H3. The zero-order valence-electron chi connectivity index (χ0n) is 9.38. The third kappa shape index (κ3) is 2.38. The fraction of sp³-hybridized carbons (Fsp3) is 0.333. The van der Waals surface area contributed by atoms with E-state index in [-0.39, 0.29) is 5.56 Å². The van der Waals surface area contributed by atoms with Gasteiger partial charge >= 0.3 is 11.9 Å². The molecule has 0 amide bonds. The molecule has 0 spiro atoms. The van der Waals surface area contributed by atoms with Crippen LogP contribution in [0.2, 0.25) is 0 Å². The van der Waals surface area contributed by atoms with E-state index >= 15 is 0 Å². The van der Waals surface area contributed by atoms with E-state index in [9.17, 15) is 18.4 Å². The molecule has 18 heavy (non-hydrogen) atoms. The van der Waals surface area contributed by atoms with E-state index in [1.807, 2.05) is 22.6 Å². The van der Waals surface area contributed by atoms with Gasteiger partial charge in [-0.2, -0.15) is 8.78 Å². The number of benzene rings is 1. The van der Waals surface area contributed by atoms with Gasteiger partial charge in [-0.15, -0.1) is 0 Å². The van der Waals surface area contributed by atoms with Crippen LogP contribution in [0.1, 0.15) is 35.4 Å². The normalized spacial score (nSPS) is 21.3. The predicted molar refractivity (Wildman–Crippen MR) is 67.6 cm³/mol. The van der Waals surface area contributed by atoms with Crippen molar-refractivity contribution in [1.29, 1.82) is 0 Å². The lowest BCUT2D eigenvalue weighted by atomic mass is 9.86. The number of alkyl halides is 2. The van der Waals surface area contributed by atoms with Gasteiger partial charge in [-0.25, -0.2) is 0 Å². The molecule has 1 aliphatic carbocycles. The Kier molecular flexibility index (Phi) is 3.39. The Hall–Kier alpha value is -1.05. The van der Waals surface area contributed by atoms with E-state index in [0.717, 1.165) is 10.5 Å². The van der Waals surface area contributed by atoms with Gasteiger partial charge in [0, 0.05) is 21.6 Å². The van der Waals surface area contributed by atoms with Crippen molar-refractivity contribution < 1.29 is 23.1 Å². The summed E-state index contributed by atoms with van der Waals surface area (Å²) in [6.07, 6.45) is -1.86. The minimum Gasteiger partial charge on any atom is -0.457 e. The van der Waals surface area contributed by atoms with Gasteiger partial charge in [-0.3, -0.25) is 9.59 Å². The van der Waals surface area contributed by atoms with Gasteiger partial charge < -0.3 is 4.74 Å². The van der Waals surface area contributed by atoms with Gasteiger partial charge in [0.1, 0.15) is 6.10 Å². The van der Waals surface area contributed by atoms with Crippen molar-refractivity contribution in [2.45, 2.75) is 25.4 Å². The molecular weight excluding hydrogens is 357 g/mol. The van der Waals surface area contributed by atoms with E-state index in [1.165, 1.54) is 6.07 Å². The number of hydrogen-bond donors (Lipinski definition) is 0. The number of esters is 1. The molecule has 3 nitrogen and oxygen atoms in total. The quantitative estimate of drug-likeness (QED) is 0.567. The fourth-order valence-electron chi connectivity index (χ4n) is 1.94. The van der Waals surface area contributed by atoms with E-state index in [2.05, 4.69) is 0 Å². The Bertz CT molecular complexity index is 528. The smallest absolute Gasteiger partial charge is 0.313 e. The molecule has 1 aromatic carbocycles. The second-order valence-electron chi connectivity index (χ2n) is 4.07. The number of rotatable bonds is 1. The number of carbonyl (C=O) groups is 2. The number of ether oxygens (including phenoxy) is 1. The molecule has 0 saturated heterocycles. The molecule has 0 radical (unpaired) electrons. The minimum absolute atomic E-state index is 0.0714. The lowest BCUT2D eigenvalue weighted by Gasteiger charge is -2.29. The Balaban J connectivity index is 2.52. The summed E-state index contributed by atoms with van der Waals surface area (Å²) in [7, 11) is 0. The highest BCUT2D eigenvalue weighted by Crippen LogP contribution is 2.41. The van der Waals surface area contributed by atoms with Crippen molar-refractivity contribution in [3.8, 4) is 0 Å². The van der Waals surface area contributed by atoms with Crippen molar-refractivity contribution in [3.63, 3.8) is 0 Å². The highest BCUT2D eigenvalue weighted by atomic mass is 127. The van der Waals surface area contributed by atoms with E-state index < -0.39 is 30.2 Å². The Morgan fingerprint density at radius 3 is 2.78 bits per heavy atom. The molecule has 96 valence electrons. The number of hydrogen-bond acceptors (Lipinski definition) is 3. The molecule has 1 atom stereocenters. The van der Waals surface area contributed by atoms with Crippen LogP contribution in [0.25, 0.3) is 0 Å². The van der Waals surface area contributed by atoms with Crippen LogP contribution in [0.15, 0.2) is 18.2 Å². The third-order valence-electron chi connectivity index (χ3n) is 2.69. The van der Waals surface area contributed by atoms with Gasteiger partial charge in [-0.1, -0.05) is 0 Å². The largest absolute Gasteiger partial charge is 0.457 e. The first kappa shape index (κ1) is 13.4. The highest BCUT2D eigenvalue weighted by molar-refractivity contribution is 14.1. The van der Waals surface area contributed by atoms with Crippen LogP contribution in [0.5, 0.6) is 0 Å². The molecule has 2 rings (SSSR count). The summed E-state index contributed by atoms with van der Waals surface area (Å²) in [6, 6.07) is 4.52. The SMILES string of the molecule is CC(=O)OC1CC(F)(F)C(=O)c2ccc(I)cc21. The Morgan fingerprint density at radius 1 is 1.50 bits per heavy atom. The first-order valence-corrected chi connectivity index (χ1v) is 6.28. The molecule has 0 N–H and O–H groups in total. The van der Waals surface area contributed by atoms with Crippen LogP contribution >= 0.6 is 22.6 Å². The molecule has 1 unspecified atom stereocenters. The maximum absolute atomic E-state index is 13.5. The zero-order valence-corrected chi connectivity index (χ0v) is 11.5. The summed E-state index contributed by atoms with van der Waals surface area (Å²) in [6.45, 7) is 1.15. The molecule has 1 aliphatic rings.